The minimum Gasteiger partial charge on any atom is -0.306 e. The molecular weight excluding hydrogens is 262 g/mol. The Morgan fingerprint density at radius 1 is 1.37 bits per heavy atom. The highest BCUT2D eigenvalue weighted by atomic mass is 32.1. The number of thiazole rings is 1. The molecule has 0 spiro atoms. The minimum atomic E-state index is -0.352. The zero-order valence-electron chi connectivity index (χ0n) is 10.6. The molecular formula is C13H15N3O2S. The smallest absolute Gasteiger partial charge is 0.273 e. The van der Waals surface area contributed by atoms with Crippen molar-refractivity contribution in [2.24, 2.45) is 0 Å². The lowest BCUT2D eigenvalue weighted by Gasteiger charge is -2.03. The summed E-state index contributed by atoms with van der Waals surface area (Å²) in [5, 5.41) is 15.1. The van der Waals surface area contributed by atoms with Crippen LogP contribution in [0.3, 0.4) is 0 Å². The number of nitro groups is 1. The fraction of sp³-hybridized carbons (Fsp3) is 0.308. The molecule has 1 aromatic carbocycles. The molecule has 100 valence electrons. The van der Waals surface area contributed by atoms with Crippen molar-refractivity contribution in [3.63, 3.8) is 0 Å². The van der Waals surface area contributed by atoms with E-state index in [-0.39, 0.29) is 10.6 Å². The summed E-state index contributed by atoms with van der Waals surface area (Å²) in [5.41, 5.74) is 0.850. The second-order valence-electron chi connectivity index (χ2n) is 4.06. The highest BCUT2D eigenvalue weighted by Crippen LogP contribution is 2.18. The summed E-state index contributed by atoms with van der Waals surface area (Å²) in [6.07, 6.45) is 2.87. The van der Waals surface area contributed by atoms with Gasteiger partial charge in [-0.25, -0.2) is 4.98 Å². The number of nitrogens with zero attached hydrogens (tertiary/aromatic N) is 2. The normalized spacial score (nSPS) is 10.6. The van der Waals surface area contributed by atoms with E-state index in [1.54, 1.807) is 23.5 Å². The zero-order chi connectivity index (χ0) is 13.7. The van der Waals surface area contributed by atoms with Crippen LogP contribution >= 0.6 is 11.3 Å². The number of rotatable bonds is 6. The number of nitro benzene ring substituents is 1. The van der Waals surface area contributed by atoms with Crippen molar-refractivity contribution in [3.05, 3.63) is 56.0 Å². The molecule has 2 rings (SSSR count). The van der Waals surface area contributed by atoms with E-state index < -0.39 is 0 Å². The van der Waals surface area contributed by atoms with Gasteiger partial charge in [-0.2, -0.15) is 0 Å². The van der Waals surface area contributed by atoms with Gasteiger partial charge in [0.2, 0.25) is 0 Å². The maximum Gasteiger partial charge on any atom is 0.273 e. The quantitative estimate of drug-likeness (QED) is 0.651. The first-order valence-electron chi connectivity index (χ1n) is 6.07. The summed E-state index contributed by atoms with van der Waals surface area (Å²) in [4.78, 5) is 16.1. The van der Waals surface area contributed by atoms with Gasteiger partial charge in [0.15, 0.2) is 0 Å². The van der Waals surface area contributed by atoms with Crippen LogP contribution in [-0.2, 0) is 19.5 Å². The third kappa shape index (κ3) is 3.59. The molecule has 6 heteroatoms. The van der Waals surface area contributed by atoms with Gasteiger partial charge in [0, 0.05) is 35.8 Å². The SMILES string of the molecule is CCc1cnc(CNCc2ccccc2[N+](=O)[O-])s1. The van der Waals surface area contributed by atoms with Crippen molar-refractivity contribution >= 4 is 17.0 Å². The van der Waals surface area contributed by atoms with Crippen LogP contribution in [0.5, 0.6) is 0 Å². The molecule has 0 atom stereocenters. The van der Waals surface area contributed by atoms with Gasteiger partial charge in [0.25, 0.3) is 5.69 Å². The summed E-state index contributed by atoms with van der Waals surface area (Å²) in [7, 11) is 0. The van der Waals surface area contributed by atoms with Gasteiger partial charge >= 0.3 is 0 Å². The number of hydrogen-bond donors (Lipinski definition) is 1. The van der Waals surface area contributed by atoms with Gasteiger partial charge in [-0.1, -0.05) is 25.1 Å². The largest absolute Gasteiger partial charge is 0.306 e. The Morgan fingerprint density at radius 3 is 2.84 bits per heavy atom. The molecule has 0 radical (unpaired) electrons. The monoisotopic (exact) mass is 277 g/mol. The van der Waals surface area contributed by atoms with Crippen molar-refractivity contribution in [1.29, 1.82) is 0 Å². The van der Waals surface area contributed by atoms with E-state index in [2.05, 4.69) is 17.2 Å². The van der Waals surface area contributed by atoms with Crippen molar-refractivity contribution in [2.75, 3.05) is 0 Å². The maximum atomic E-state index is 10.9. The molecule has 0 bridgehead atoms. The van der Waals surface area contributed by atoms with Gasteiger partial charge in [-0.05, 0) is 6.42 Å². The summed E-state index contributed by atoms with van der Waals surface area (Å²) in [6.45, 7) is 3.20. The van der Waals surface area contributed by atoms with Crippen LogP contribution < -0.4 is 5.32 Å². The molecule has 19 heavy (non-hydrogen) atoms. The molecule has 0 unspecified atom stereocenters. The van der Waals surface area contributed by atoms with Crippen LogP contribution in [0.1, 0.15) is 22.4 Å². The summed E-state index contributed by atoms with van der Waals surface area (Å²) in [5.74, 6) is 0. The van der Waals surface area contributed by atoms with Crippen LogP contribution in [0.15, 0.2) is 30.5 Å². The second kappa shape index (κ2) is 6.40. The lowest BCUT2D eigenvalue weighted by molar-refractivity contribution is -0.385. The summed E-state index contributed by atoms with van der Waals surface area (Å²) >= 11 is 1.67. The van der Waals surface area contributed by atoms with E-state index in [1.807, 2.05) is 12.3 Å². The van der Waals surface area contributed by atoms with E-state index in [0.29, 0.717) is 18.7 Å². The Bertz CT molecular complexity index is 569. The summed E-state index contributed by atoms with van der Waals surface area (Å²) in [6, 6.07) is 6.78. The Hall–Kier alpha value is -1.79. The average molecular weight is 277 g/mol. The molecule has 0 saturated heterocycles. The lowest BCUT2D eigenvalue weighted by Crippen LogP contribution is -2.13. The number of aryl methyl sites for hydroxylation is 1. The van der Waals surface area contributed by atoms with Crippen molar-refractivity contribution in [2.45, 2.75) is 26.4 Å². The first-order chi connectivity index (χ1) is 9.20. The Labute approximate surface area is 115 Å². The van der Waals surface area contributed by atoms with Crippen LogP contribution in [0.25, 0.3) is 0 Å². The molecule has 0 aliphatic rings. The third-order valence-corrected chi connectivity index (χ3v) is 3.87. The maximum absolute atomic E-state index is 10.9. The van der Waals surface area contributed by atoms with Crippen molar-refractivity contribution < 1.29 is 4.92 Å². The van der Waals surface area contributed by atoms with Crippen LogP contribution in [-0.4, -0.2) is 9.91 Å². The molecule has 0 saturated carbocycles. The van der Waals surface area contributed by atoms with Gasteiger partial charge in [-0.3, -0.25) is 10.1 Å². The topological polar surface area (TPSA) is 68.1 Å². The lowest BCUT2D eigenvalue weighted by atomic mass is 10.2. The Morgan fingerprint density at radius 2 is 2.16 bits per heavy atom. The molecule has 0 aliphatic carbocycles. The van der Waals surface area contributed by atoms with E-state index in [4.69, 9.17) is 0 Å². The van der Waals surface area contributed by atoms with E-state index in [0.717, 1.165) is 11.4 Å². The minimum absolute atomic E-state index is 0.156. The van der Waals surface area contributed by atoms with Gasteiger partial charge in [0.1, 0.15) is 5.01 Å². The first kappa shape index (κ1) is 13.6. The Kier molecular flexibility index (Phi) is 4.59. The standard InChI is InChI=1S/C13H15N3O2S/c1-2-11-8-15-13(19-11)9-14-7-10-5-3-4-6-12(10)16(17)18/h3-6,8,14H,2,7,9H2,1H3. The highest BCUT2D eigenvalue weighted by Gasteiger charge is 2.11. The number of nitrogens with one attached hydrogen (secondary N) is 1. The van der Waals surface area contributed by atoms with Crippen LogP contribution in [0.2, 0.25) is 0 Å². The third-order valence-electron chi connectivity index (χ3n) is 2.73. The van der Waals surface area contributed by atoms with Crippen molar-refractivity contribution in [1.82, 2.24) is 10.3 Å². The van der Waals surface area contributed by atoms with E-state index in [1.165, 1.54) is 10.9 Å². The van der Waals surface area contributed by atoms with Crippen molar-refractivity contribution in [3.8, 4) is 0 Å². The fourth-order valence-electron chi connectivity index (χ4n) is 1.74. The van der Waals surface area contributed by atoms with Gasteiger partial charge < -0.3 is 5.32 Å². The second-order valence-corrected chi connectivity index (χ2v) is 5.26. The molecule has 5 nitrogen and oxygen atoms in total. The molecule has 2 aromatic rings. The number of aromatic nitrogens is 1. The van der Waals surface area contributed by atoms with Crippen LogP contribution in [0.4, 0.5) is 5.69 Å². The highest BCUT2D eigenvalue weighted by molar-refractivity contribution is 7.11. The predicted octanol–water partition coefficient (Wildman–Crippen LogP) is 2.90. The molecule has 0 amide bonds. The average Bonchev–Trinajstić information content (AvgIpc) is 2.87. The molecule has 0 fully saturated rings. The zero-order valence-corrected chi connectivity index (χ0v) is 11.4. The number of para-hydroxylation sites is 1. The number of benzene rings is 1. The van der Waals surface area contributed by atoms with Gasteiger partial charge in [-0.15, -0.1) is 11.3 Å². The van der Waals surface area contributed by atoms with Crippen LogP contribution in [0, 0.1) is 10.1 Å². The summed E-state index contributed by atoms with van der Waals surface area (Å²) < 4.78 is 0. The molecule has 1 N–H and O–H groups in total. The first-order valence-corrected chi connectivity index (χ1v) is 6.89. The molecule has 1 heterocycles. The van der Waals surface area contributed by atoms with E-state index in [9.17, 15) is 10.1 Å². The predicted molar refractivity (Wildman–Crippen MR) is 75.1 cm³/mol. The molecule has 1 aromatic heterocycles. The molecule has 0 aliphatic heterocycles. The fourth-order valence-corrected chi connectivity index (χ4v) is 2.57. The number of hydrogen-bond acceptors (Lipinski definition) is 5. The van der Waals surface area contributed by atoms with E-state index >= 15 is 0 Å². The van der Waals surface area contributed by atoms with Gasteiger partial charge in [0.05, 0.1) is 4.92 Å². The Balaban J connectivity index is 1.94.